The maximum absolute atomic E-state index is 13.0. The van der Waals surface area contributed by atoms with E-state index in [1.807, 2.05) is 6.07 Å². The third-order valence-electron chi connectivity index (χ3n) is 2.64. The summed E-state index contributed by atoms with van der Waals surface area (Å²) in [6.45, 7) is 0.260. The van der Waals surface area contributed by atoms with Crippen LogP contribution in [-0.2, 0) is 6.42 Å². The maximum Gasteiger partial charge on any atom is 0.251 e. The Morgan fingerprint density at radius 3 is 2.45 bits per heavy atom. The number of rotatable bonds is 4. The van der Waals surface area contributed by atoms with Crippen LogP contribution >= 0.6 is 0 Å². The second-order valence-electron chi connectivity index (χ2n) is 4.08. The molecule has 1 N–H and O–H groups in total. The van der Waals surface area contributed by atoms with Crippen LogP contribution in [0.1, 0.15) is 16.1 Å². The van der Waals surface area contributed by atoms with Gasteiger partial charge in [-0.25, -0.2) is 13.2 Å². The van der Waals surface area contributed by atoms with Crippen LogP contribution < -0.4 is 5.32 Å². The first kappa shape index (κ1) is 14.0. The third-order valence-corrected chi connectivity index (χ3v) is 2.64. The number of pyridine rings is 1. The third kappa shape index (κ3) is 3.34. The number of aromatic nitrogens is 1. The van der Waals surface area contributed by atoms with E-state index < -0.39 is 23.4 Å². The molecule has 0 unspecified atom stereocenters. The Hall–Kier alpha value is -2.37. The van der Waals surface area contributed by atoms with Crippen molar-refractivity contribution < 1.29 is 18.0 Å². The van der Waals surface area contributed by atoms with Crippen molar-refractivity contribution in [2.75, 3.05) is 6.54 Å². The quantitative estimate of drug-likeness (QED) is 0.874. The van der Waals surface area contributed by atoms with Crippen LogP contribution in [0.5, 0.6) is 0 Å². The van der Waals surface area contributed by atoms with Crippen LogP contribution in [0, 0.1) is 17.5 Å². The zero-order valence-electron chi connectivity index (χ0n) is 10.4. The van der Waals surface area contributed by atoms with Gasteiger partial charge in [0.1, 0.15) is 0 Å². The van der Waals surface area contributed by atoms with Gasteiger partial charge in [-0.15, -0.1) is 0 Å². The van der Waals surface area contributed by atoms with Gasteiger partial charge >= 0.3 is 0 Å². The summed E-state index contributed by atoms with van der Waals surface area (Å²) in [6.07, 6.45) is 2.11. The lowest BCUT2D eigenvalue weighted by Crippen LogP contribution is -2.26. The Kier molecular flexibility index (Phi) is 4.34. The summed E-state index contributed by atoms with van der Waals surface area (Å²) >= 11 is 0. The molecule has 104 valence electrons. The first-order valence-corrected chi connectivity index (χ1v) is 5.90. The maximum atomic E-state index is 13.0. The molecule has 1 aromatic carbocycles. The number of carbonyl (C=O) groups excluding carboxylic acids is 1. The number of halogens is 3. The Balaban J connectivity index is 1.95. The minimum Gasteiger partial charge on any atom is -0.352 e. The minimum absolute atomic E-state index is 0.260. The van der Waals surface area contributed by atoms with Gasteiger partial charge in [0.2, 0.25) is 0 Å². The molecule has 0 radical (unpaired) electrons. The van der Waals surface area contributed by atoms with Crippen molar-refractivity contribution in [3.05, 3.63) is 65.2 Å². The van der Waals surface area contributed by atoms with Crippen molar-refractivity contribution in [1.29, 1.82) is 0 Å². The Bertz CT molecular complexity index is 594. The zero-order valence-corrected chi connectivity index (χ0v) is 10.4. The van der Waals surface area contributed by atoms with E-state index in [1.165, 1.54) is 0 Å². The summed E-state index contributed by atoms with van der Waals surface area (Å²) in [5.41, 5.74) is 0.520. The first-order chi connectivity index (χ1) is 9.58. The highest BCUT2D eigenvalue weighted by atomic mass is 19.2. The Morgan fingerprint density at radius 2 is 1.85 bits per heavy atom. The van der Waals surface area contributed by atoms with Gasteiger partial charge in [-0.05, 0) is 24.3 Å². The number of amides is 1. The largest absolute Gasteiger partial charge is 0.352 e. The number of hydrogen-bond donors (Lipinski definition) is 1. The lowest BCUT2D eigenvalue weighted by atomic mass is 10.2. The predicted molar refractivity (Wildman–Crippen MR) is 66.6 cm³/mol. The highest BCUT2D eigenvalue weighted by molar-refractivity contribution is 5.94. The molecule has 0 atom stereocenters. The molecule has 20 heavy (non-hydrogen) atoms. The van der Waals surface area contributed by atoms with Gasteiger partial charge in [0.25, 0.3) is 5.91 Å². The lowest BCUT2D eigenvalue weighted by Gasteiger charge is -2.06. The smallest absolute Gasteiger partial charge is 0.251 e. The molecule has 0 saturated heterocycles. The molecule has 0 fully saturated rings. The fourth-order valence-corrected chi connectivity index (χ4v) is 1.64. The molecule has 0 bridgehead atoms. The SMILES string of the molecule is O=C(NCCc1ccccn1)c1cc(F)c(F)c(F)c1. The fourth-order valence-electron chi connectivity index (χ4n) is 1.64. The van der Waals surface area contributed by atoms with E-state index in [0.717, 1.165) is 5.69 Å². The van der Waals surface area contributed by atoms with Gasteiger partial charge in [0.05, 0.1) is 0 Å². The zero-order chi connectivity index (χ0) is 14.5. The van der Waals surface area contributed by atoms with Crippen LogP contribution in [0.4, 0.5) is 13.2 Å². The number of benzene rings is 1. The van der Waals surface area contributed by atoms with Crippen molar-refractivity contribution in [3.8, 4) is 0 Å². The molecule has 2 aromatic rings. The molecule has 0 aliphatic heterocycles. The second kappa shape index (κ2) is 6.18. The molecular formula is C14H11F3N2O. The number of nitrogens with one attached hydrogen (secondary N) is 1. The molecule has 2 rings (SSSR count). The predicted octanol–water partition coefficient (Wildman–Crippen LogP) is 2.47. The molecule has 0 aliphatic carbocycles. The monoisotopic (exact) mass is 280 g/mol. The Labute approximate surface area is 113 Å². The average molecular weight is 280 g/mol. The molecule has 1 amide bonds. The van der Waals surface area contributed by atoms with Crippen LogP contribution in [0.2, 0.25) is 0 Å². The van der Waals surface area contributed by atoms with Gasteiger partial charge < -0.3 is 5.32 Å². The van der Waals surface area contributed by atoms with Crippen molar-refractivity contribution in [2.45, 2.75) is 6.42 Å². The van der Waals surface area contributed by atoms with E-state index in [4.69, 9.17) is 0 Å². The first-order valence-electron chi connectivity index (χ1n) is 5.90. The number of carbonyl (C=O) groups is 1. The van der Waals surface area contributed by atoms with E-state index in [1.54, 1.807) is 18.3 Å². The molecule has 0 spiro atoms. The molecule has 1 heterocycles. The van der Waals surface area contributed by atoms with Gasteiger partial charge in [-0.1, -0.05) is 6.07 Å². The van der Waals surface area contributed by atoms with E-state index >= 15 is 0 Å². The van der Waals surface area contributed by atoms with E-state index in [0.29, 0.717) is 18.6 Å². The molecule has 3 nitrogen and oxygen atoms in total. The summed E-state index contributed by atoms with van der Waals surface area (Å²) in [7, 11) is 0. The van der Waals surface area contributed by atoms with Gasteiger partial charge in [-0.2, -0.15) is 0 Å². The molecule has 6 heteroatoms. The van der Waals surface area contributed by atoms with Crippen molar-refractivity contribution in [1.82, 2.24) is 10.3 Å². The molecule has 1 aromatic heterocycles. The summed E-state index contributed by atoms with van der Waals surface area (Å²) in [5, 5.41) is 2.49. The van der Waals surface area contributed by atoms with Crippen molar-refractivity contribution >= 4 is 5.91 Å². The van der Waals surface area contributed by atoms with E-state index in [-0.39, 0.29) is 12.1 Å². The minimum atomic E-state index is -1.59. The van der Waals surface area contributed by atoms with Crippen LogP contribution in [-0.4, -0.2) is 17.4 Å². The second-order valence-corrected chi connectivity index (χ2v) is 4.08. The highest BCUT2D eigenvalue weighted by Gasteiger charge is 2.14. The van der Waals surface area contributed by atoms with Crippen LogP contribution in [0.25, 0.3) is 0 Å². The summed E-state index contributed by atoms with van der Waals surface area (Å²) in [5.74, 6) is -5.03. The normalized spacial score (nSPS) is 10.3. The average Bonchev–Trinajstić information content (AvgIpc) is 2.45. The lowest BCUT2D eigenvalue weighted by molar-refractivity contribution is 0.0953. The molecule has 0 aliphatic rings. The topological polar surface area (TPSA) is 42.0 Å². The van der Waals surface area contributed by atoms with Gasteiger partial charge in [0, 0.05) is 30.4 Å². The van der Waals surface area contributed by atoms with Gasteiger partial charge in [-0.3, -0.25) is 9.78 Å². The van der Waals surface area contributed by atoms with Crippen molar-refractivity contribution in [2.24, 2.45) is 0 Å². The number of hydrogen-bond acceptors (Lipinski definition) is 2. The fraction of sp³-hybridized carbons (Fsp3) is 0.143. The Morgan fingerprint density at radius 1 is 1.15 bits per heavy atom. The summed E-state index contributed by atoms with van der Waals surface area (Å²) in [6, 6.07) is 6.70. The van der Waals surface area contributed by atoms with Crippen molar-refractivity contribution in [3.63, 3.8) is 0 Å². The van der Waals surface area contributed by atoms with E-state index in [2.05, 4.69) is 10.3 Å². The van der Waals surface area contributed by atoms with E-state index in [9.17, 15) is 18.0 Å². The molecular weight excluding hydrogens is 269 g/mol. The number of nitrogens with zero attached hydrogens (tertiary/aromatic N) is 1. The standard InChI is InChI=1S/C14H11F3N2O/c15-11-7-9(8-12(16)13(11)17)14(20)19-6-4-10-3-1-2-5-18-10/h1-3,5,7-8H,4,6H2,(H,19,20). The van der Waals surface area contributed by atoms with Gasteiger partial charge in [0.15, 0.2) is 17.5 Å². The van der Waals surface area contributed by atoms with Crippen LogP contribution in [0.3, 0.4) is 0 Å². The summed E-state index contributed by atoms with van der Waals surface area (Å²) in [4.78, 5) is 15.7. The summed E-state index contributed by atoms with van der Waals surface area (Å²) < 4.78 is 38.7. The molecule has 0 saturated carbocycles. The van der Waals surface area contributed by atoms with Crippen LogP contribution in [0.15, 0.2) is 36.5 Å². The highest BCUT2D eigenvalue weighted by Crippen LogP contribution is 2.13.